The van der Waals surface area contributed by atoms with E-state index in [0.717, 1.165) is 44.2 Å². The highest BCUT2D eigenvalue weighted by molar-refractivity contribution is 7.19. The topological polar surface area (TPSA) is 68.9 Å². The van der Waals surface area contributed by atoms with Crippen molar-refractivity contribution in [2.24, 2.45) is 0 Å². The maximum atomic E-state index is 13.2. The fourth-order valence-corrected chi connectivity index (χ4v) is 3.30. The lowest BCUT2D eigenvalue weighted by atomic mass is 10.2. The third-order valence-corrected chi connectivity index (χ3v) is 4.42. The minimum absolute atomic E-state index is 0.247. The summed E-state index contributed by atoms with van der Waals surface area (Å²) in [6.45, 7) is 0. The van der Waals surface area contributed by atoms with Crippen LogP contribution in [0.25, 0.3) is 26.6 Å². The molecule has 0 fully saturated rings. The van der Waals surface area contributed by atoms with Gasteiger partial charge in [-0.2, -0.15) is 27.1 Å². The Balaban J connectivity index is 1.88. The third kappa shape index (κ3) is 2.06. The van der Waals surface area contributed by atoms with Crippen LogP contribution in [-0.2, 0) is 5.38 Å². The van der Waals surface area contributed by atoms with Gasteiger partial charge < -0.3 is 0 Å². The van der Waals surface area contributed by atoms with Gasteiger partial charge in [-0.3, -0.25) is 0 Å². The van der Waals surface area contributed by atoms with Crippen LogP contribution in [0.1, 0.15) is 5.82 Å². The van der Waals surface area contributed by atoms with Crippen LogP contribution in [0.4, 0.5) is 8.78 Å². The minimum Gasteiger partial charge on any atom is -0.179 e. The largest absolute Gasteiger partial charge is 0.383 e. The second-order valence-corrected chi connectivity index (χ2v) is 6.05. The summed E-state index contributed by atoms with van der Waals surface area (Å²) < 4.78 is 35.6. The normalized spacial score (nSPS) is 12.5. The fraction of sp³-hybridized carbons (Fsp3) is 0.100. The van der Waals surface area contributed by atoms with E-state index in [1.807, 2.05) is 0 Å². The van der Waals surface area contributed by atoms with E-state index in [-0.39, 0.29) is 4.96 Å². The number of fused-ring (bicyclic) bond motifs is 2. The Morgan fingerprint density at radius 1 is 1.14 bits per heavy atom. The minimum atomic E-state index is -3.62. The van der Waals surface area contributed by atoms with Gasteiger partial charge in [0.15, 0.2) is 0 Å². The molecular formula is C10H3ClF2N6S2. The van der Waals surface area contributed by atoms with Gasteiger partial charge in [0, 0.05) is 5.56 Å². The molecule has 0 aliphatic heterocycles. The first-order chi connectivity index (χ1) is 10.0. The van der Waals surface area contributed by atoms with E-state index in [1.54, 1.807) is 18.2 Å². The first-order valence-electron chi connectivity index (χ1n) is 5.54. The highest BCUT2D eigenvalue weighted by Crippen LogP contribution is 2.34. The monoisotopic (exact) mass is 344 g/mol. The number of hydrogen-bond donors (Lipinski definition) is 0. The summed E-state index contributed by atoms with van der Waals surface area (Å²) in [6, 6.07) is 5.39. The number of nitrogens with zero attached hydrogens (tertiary/aromatic N) is 6. The van der Waals surface area contributed by atoms with Crippen molar-refractivity contribution in [2.45, 2.75) is 5.38 Å². The van der Waals surface area contributed by atoms with Crippen LogP contribution in [0.5, 0.6) is 0 Å². The standard InChI is InChI=1S/C10H3ClF2N6S2/c11-10(12,13)8-14-15-9-19(8)16-7(20-9)4-1-2-5-6(3-4)18-21-17-5/h1-3H. The van der Waals surface area contributed by atoms with Crippen LogP contribution in [0.2, 0.25) is 0 Å². The molecule has 0 aliphatic carbocycles. The summed E-state index contributed by atoms with van der Waals surface area (Å²) in [6.07, 6.45) is 0. The van der Waals surface area contributed by atoms with Crippen LogP contribution in [0, 0.1) is 0 Å². The predicted molar refractivity (Wildman–Crippen MR) is 74.8 cm³/mol. The Bertz CT molecular complexity index is 955. The van der Waals surface area contributed by atoms with E-state index in [1.165, 1.54) is 0 Å². The quantitative estimate of drug-likeness (QED) is 0.522. The van der Waals surface area contributed by atoms with Gasteiger partial charge in [-0.25, -0.2) is 0 Å². The highest BCUT2D eigenvalue weighted by atomic mass is 35.5. The van der Waals surface area contributed by atoms with Crippen LogP contribution >= 0.6 is 34.7 Å². The lowest BCUT2D eigenvalue weighted by Gasteiger charge is -2.01. The molecule has 0 saturated heterocycles. The molecule has 0 aliphatic rings. The number of rotatable bonds is 2. The first-order valence-corrected chi connectivity index (χ1v) is 7.47. The van der Waals surface area contributed by atoms with Crippen LogP contribution in [-0.4, -0.2) is 28.6 Å². The van der Waals surface area contributed by atoms with Gasteiger partial charge in [0.05, 0.1) is 11.7 Å². The van der Waals surface area contributed by atoms with Gasteiger partial charge in [0.25, 0.3) is 0 Å². The average Bonchev–Trinajstić information content (AvgIpc) is 3.10. The second kappa shape index (κ2) is 4.36. The molecule has 0 atom stereocenters. The number of halogens is 3. The molecule has 0 unspecified atom stereocenters. The maximum absolute atomic E-state index is 13.2. The van der Waals surface area contributed by atoms with E-state index in [9.17, 15) is 8.78 Å². The molecule has 0 spiro atoms. The van der Waals surface area contributed by atoms with E-state index >= 15 is 0 Å². The summed E-state index contributed by atoms with van der Waals surface area (Å²) in [7, 11) is 0. The van der Waals surface area contributed by atoms with Crippen LogP contribution in [0.3, 0.4) is 0 Å². The highest BCUT2D eigenvalue weighted by Gasteiger charge is 2.35. The van der Waals surface area contributed by atoms with Crippen LogP contribution < -0.4 is 0 Å². The molecule has 0 amide bonds. The summed E-state index contributed by atoms with van der Waals surface area (Å²) in [4.78, 5) is 0.247. The zero-order valence-electron chi connectivity index (χ0n) is 9.87. The van der Waals surface area contributed by atoms with Gasteiger partial charge in [0.1, 0.15) is 16.0 Å². The number of aromatic nitrogens is 6. The van der Waals surface area contributed by atoms with Crippen molar-refractivity contribution >= 4 is 50.7 Å². The average molecular weight is 345 g/mol. The van der Waals surface area contributed by atoms with Crippen molar-refractivity contribution < 1.29 is 8.78 Å². The van der Waals surface area contributed by atoms with Crippen molar-refractivity contribution in [3.05, 3.63) is 24.0 Å². The summed E-state index contributed by atoms with van der Waals surface area (Å²) >= 11 is 7.24. The Morgan fingerprint density at radius 2 is 1.95 bits per heavy atom. The van der Waals surface area contributed by atoms with Crippen molar-refractivity contribution in [3.63, 3.8) is 0 Å². The molecule has 1 aromatic carbocycles. The fourth-order valence-electron chi connectivity index (χ4n) is 1.83. The van der Waals surface area contributed by atoms with Gasteiger partial charge in [0.2, 0.25) is 10.8 Å². The van der Waals surface area contributed by atoms with Gasteiger partial charge in [-0.15, -0.1) is 10.2 Å². The second-order valence-electron chi connectivity index (χ2n) is 4.09. The van der Waals surface area contributed by atoms with E-state index in [2.05, 4.69) is 24.0 Å². The molecular weight excluding hydrogens is 342 g/mol. The number of benzene rings is 1. The van der Waals surface area contributed by atoms with Crippen molar-refractivity contribution in [1.29, 1.82) is 0 Å². The molecule has 3 aromatic heterocycles. The van der Waals surface area contributed by atoms with Crippen molar-refractivity contribution in [2.75, 3.05) is 0 Å². The van der Waals surface area contributed by atoms with Crippen LogP contribution in [0.15, 0.2) is 18.2 Å². The molecule has 6 nitrogen and oxygen atoms in total. The lowest BCUT2D eigenvalue weighted by molar-refractivity contribution is 0.0821. The number of alkyl halides is 3. The predicted octanol–water partition coefficient (Wildman–Crippen LogP) is 3.15. The molecule has 4 rings (SSSR count). The molecule has 0 radical (unpaired) electrons. The molecule has 0 bridgehead atoms. The van der Waals surface area contributed by atoms with Crippen molar-refractivity contribution in [3.8, 4) is 10.6 Å². The Hall–Kier alpha value is -1.78. The molecule has 3 heterocycles. The van der Waals surface area contributed by atoms with E-state index in [0.29, 0.717) is 5.01 Å². The Morgan fingerprint density at radius 3 is 2.76 bits per heavy atom. The number of hydrogen-bond acceptors (Lipinski definition) is 7. The van der Waals surface area contributed by atoms with Gasteiger partial charge in [-0.1, -0.05) is 11.3 Å². The third-order valence-electron chi connectivity index (χ3n) is 2.75. The summed E-state index contributed by atoms with van der Waals surface area (Å²) in [5, 5.41) is 8.03. The maximum Gasteiger partial charge on any atom is 0.383 e. The zero-order chi connectivity index (χ0) is 14.6. The summed E-state index contributed by atoms with van der Waals surface area (Å²) in [5.74, 6) is -0.696. The lowest BCUT2D eigenvalue weighted by Crippen LogP contribution is -2.10. The first kappa shape index (κ1) is 12.9. The SMILES string of the molecule is FC(F)(Cl)c1nnc2sc(-c3ccc4nsnc4c3)nn12. The Labute approximate surface area is 128 Å². The van der Waals surface area contributed by atoms with Gasteiger partial charge in [-0.05, 0) is 29.8 Å². The summed E-state index contributed by atoms with van der Waals surface area (Å²) in [5.41, 5.74) is 2.25. The molecule has 4 aromatic rings. The Kier molecular flexibility index (Phi) is 2.68. The molecule has 21 heavy (non-hydrogen) atoms. The zero-order valence-corrected chi connectivity index (χ0v) is 12.3. The van der Waals surface area contributed by atoms with Gasteiger partial charge >= 0.3 is 5.38 Å². The molecule has 106 valence electrons. The molecule has 11 heteroatoms. The van der Waals surface area contributed by atoms with E-state index in [4.69, 9.17) is 11.6 Å². The molecule has 0 N–H and O–H groups in total. The van der Waals surface area contributed by atoms with Crippen molar-refractivity contribution in [1.82, 2.24) is 28.6 Å². The smallest absolute Gasteiger partial charge is 0.179 e. The molecule has 0 saturated carbocycles. The van der Waals surface area contributed by atoms with E-state index < -0.39 is 11.2 Å².